The van der Waals surface area contributed by atoms with E-state index >= 15 is 0 Å². The van der Waals surface area contributed by atoms with Gasteiger partial charge in [0.1, 0.15) is 11.5 Å². The molecule has 0 amide bonds. The van der Waals surface area contributed by atoms with Crippen LogP contribution in [-0.2, 0) is 10.0 Å². The minimum absolute atomic E-state index is 0.000363. The van der Waals surface area contributed by atoms with Gasteiger partial charge in [0.15, 0.2) is 0 Å². The number of hydrogen-bond acceptors (Lipinski definition) is 4. The third-order valence-corrected chi connectivity index (χ3v) is 7.49. The molecule has 0 saturated carbocycles. The van der Waals surface area contributed by atoms with E-state index < -0.39 is 15.8 Å². The SMILES string of the molecule is C[C@@H]1CCN(S(=O)(=O)c2cccc(F)c2)CC1N(C)c1ccnc2[nH]ccc12. The highest BCUT2D eigenvalue weighted by molar-refractivity contribution is 7.89. The van der Waals surface area contributed by atoms with E-state index in [9.17, 15) is 12.8 Å². The number of H-pyrrole nitrogens is 1. The van der Waals surface area contributed by atoms with E-state index in [1.54, 1.807) is 6.20 Å². The summed E-state index contributed by atoms with van der Waals surface area (Å²) in [4.78, 5) is 9.57. The van der Waals surface area contributed by atoms with Crippen molar-refractivity contribution in [3.8, 4) is 0 Å². The molecule has 1 fully saturated rings. The summed E-state index contributed by atoms with van der Waals surface area (Å²) in [5.41, 5.74) is 1.81. The second-order valence-electron chi connectivity index (χ2n) is 7.33. The van der Waals surface area contributed by atoms with Crippen molar-refractivity contribution in [2.24, 2.45) is 5.92 Å². The first-order valence-corrected chi connectivity index (χ1v) is 10.7. The molecular formula is C20H23FN4O2S. The van der Waals surface area contributed by atoms with Crippen molar-refractivity contribution in [2.75, 3.05) is 25.0 Å². The van der Waals surface area contributed by atoms with Crippen LogP contribution >= 0.6 is 0 Å². The number of pyridine rings is 1. The lowest BCUT2D eigenvalue weighted by atomic mass is 9.93. The third-order valence-electron chi connectivity index (χ3n) is 5.63. The molecule has 1 aliphatic heterocycles. The number of nitrogens with one attached hydrogen (secondary N) is 1. The second kappa shape index (κ2) is 7.18. The van der Waals surface area contributed by atoms with Gasteiger partial charge < -0.3 is 9.88 Å². The third kappa shape index (κ3) is 3.27. The summed E-state index contributed by atoms with van der Waals surface area (Å²) >= 11 is 0. The van der Waals surface area contributed by atoms with Crippen LogP contribution in [0.2, 0.25) is 0 Å². The Bertz CT molecular complexity index is 1100. The van der Waals surface area contributed by atoms with Crippen molar-refractivity contribution >= 4 is 26.7 Å². The lowest BCUT2D eigenvalue weighted by molar-refractivity contribution is 0.247. The summed E-state index contributed by atoms with van der Waals surface area (Å²) in [6.45, 7) is 2.92. The number of rotatable bonds is 4. The maximum Gasteiger partial charge on any atom is 0.243 e. The van der Waals surface area contributed by atoms with E-state index in [4.69, 9.17) is 0 Å². The van der Waals surface area contributed by atoms with Crippen LogP contribution in [0.5, 0.6) is 0 Å². The van der Waals surface area contributed by atoms with Gasteiger partial charge in [0, 0.05) is 49.6 Å². The number of hydrogen-bond donors (Lipinski definition) is 1. The average molecular weight is 402 g/mol. The van der Waals surface area contributed by atoms with Gasteiger partial charge in [-0.1, -0.05) is 13.0 Å². The summed E-state index contributed by atoms with van der Waals surface area (Å²) in [7, 11) is -1.75. The lowest BCUT2D eigenvalue weighted by Gasteiger charge is -2.42. The zero-order chi connectivity index (χ0) is 19.9. The Hall–Kier alpha value is -2.45. The van der Waals surface area contributed by atoms with Crippen molar-refractivity contribution in [1.29, 1.82) is 0 Å². The monoisotopic (exact) mass is 402 g/mol. The van der Waals surface area contributed by atoms with Crippen LogP contribution in [0.1, 0.15) is 13.3 Å². The fourth-order valence-corrected chi connectivity index (χ4v) is 5.46. The second-order valence-corrected chi connectivity index (χ2v) is 9.27. The number of anilines is 1. The molecule has 0 spiro atoms. The molecule has 8 heteroatoms. The van der Waals surface area contributed by atoms with Crippen LogP contribution in [0.3, 0.4) is 0 Å². The number of nitrogens with zero attached hydrogens (tertiary/aromatic N) is 3. The molecule has 148 valence electrons. The zero-order valence-electron chi connectivity index (χ0n) is 15.8. The Labute approximate surface area is 164 Å². The molecule has 4 rings (SSSR count). The lowest BCUT2D eigenvalue weighted by Crippen LogP contribution is -2.52. The van der Waals surface area contributed by atoms with E-state index in [1.165, 1.54) is 22.5 Å². The zero-order valence-corrected chi connectivity index (χ0v) is 16.7. The molecular weight excluding hydrogens is 379 g/mol. The smallest absolute Gasteiger partial charge is 0.243 e. The van der Waals surface area contributed by atoms with Gasteiger partial charge >= 0.3 is 0 Å². The van der Waals surface area contributed by atoms with Crippen LogP contribution in [0.25, 0.3) is 11.0 Å². The number of halogens is 1. The van der Waals surface area contributed by atoms with Gasteiger partial charge in [0.05, 0.1) is 4.90 Å². The molecule has 3 aromatic rings. The summed E-state index contributed by atoms with van der Waals surface area (Å²) in [5.74, 6) is -0.238. The van der Waals surface area contributed by atoms with Gasteiger partial charge in [0.2, 0.25) is 10.0 Å². The summed E-state index contributed by atoms with van der Waals surface area (Å²) < 4.78 is 41.1. The van der Waals surface area contributed by atoms with Gasteiger partial charge in [-0.2, -0.15) is 4.31 Å². The minimum atomic E-state index is -3.74. The molecule has 0 aliphatic carbocycles. The molecule has 0 bridgehead atoms. The molecule has 3 heterocycles. The first-order valence-electron chi connectivity index (χ1n) is 9.28. The van der Waals surface area contributed by atoms with Gasteiger partial charge in [-0.25, -0.2) is 17.8 Å². The average Bonchev–Trinajstić information content (AvgIpc) is 3.16. The molecule has 1 unspecified atom stereocenters. The Balaban J connectivity index is 1.64. The fourth-order valence-electron chi connectivity index (χ4n) is 3.95. The van der Waals surface area contributed by atoms with E-state index in [0.29, 0.717) is 19.0 Å². The summed E-state index contributed by atoms with van der Waals surface area (Å²) in [5, 5.41) is 1.00. The number of sulfonamides is 1. The Morgan fingerprint density at radius 1 is 1.29 bits per heavy atom. The molecule has 6 nitrogen and oxygen atoms in total. The molecule has 1 saturated heterocycles. The largest absolute Gasteiger partial charge is 0.369 e. The Morgan fingerprint density at radius 3 is 2.89 bits per heavy atom. The van der Waals surface area contributed by atoms with E-state index in [0.717, 1.165) is 29.2 Å². The molecule has 1 aromatic carbocycles. The standard InChI is InChI=1S/C20H23FN4O2S/c1-14-8-11-25(28(26,27)16-5-3-4-15(21)12-16)13-19(14)24(2)18-7-10-23-20-17(18)6-9-22-20/h3-7,9-10,12,14,19H,8,11,13H2,1-2H3,(H,22,23)/t14-,19?/m1/s1. The van der Waals surface area contributed by atoms with E-state index in [1.807, 2.05) is 25.4 Å². The quantitative estimate of drug-likeness (QED) is 0.727. The predicted molar refractivity (Wildman–Crippen MR) is 107 cm³/mol. The fraction of sp³-hybridized carbons (Fsp3) is 0.350. The van der Waals surface area contributed by atoms with Crippen molar-refractivity contribution in [1.82, 2.24) is 14.3 Å². The predicted octanol–water partition coefficient (Wildman–Crippen LogP) is 3.24. The van der Waals surface area contributed by atoms with Crippen molar-refractivity contribution in [3.63, 3.8) is 0 Å². The number of benzene rings is 1. The highest BCUT2D eigenvalue weighted by Gasteiger charge is 2.36. The number of piperidine rings is 1. The normalized spacial score (nSPS) is 21.1. The van der Waals surface area contributed by atoms with Crippen molar-refractivity contribution < 1.29 is 12.8 Å². The van der Waals surface area contributed by atoms with Crippen LogP contribution in [0.4, 0.5) is 10.1 Å². The molecule has 1 N–H and O–H groups in total. The van der Waals surface area contributed by atoms with Crippen LogP contribution in [0.15, 0.2) is 53.7 Å². The summed E-state index contributed by atoms with van der Waals surface area (Å²) in [6, 6.07) is 9.13. The van der Waals surface area contributed by atoms with Crippen LogP contribution in [-0.4, -0.2) is 48.9 Å². The van der Waals surface area contributed by atoms with E-state index in [2.05, 4.69) is 21.8 Å². The van der Waals surface area contributed by atoms with Gasteiger partial charge in [0.25, 0.3) is 0 Å². The summed E-state index contributed by atoms with van der Waals surface area (Å²) in [6.07, 6.45) is 4.34. The maximum absolute atomic E-state index is 13.6. The van der Waals surface area contributed by atoms with Crippen molar-refractivity contribution in [2.45, 2.75) is 24.3 Å². The topological polar surface area (TPSA) is 69.3 Å². The first-order chi connectivity index (χ1) is 13.4. The highest BCUT2D eigenvalue weighted by atomic mass is 32.2. The van der Waals surface area contributed by atoms with Gasteiger partial charge in [-0.15, -0.1) is 0 Å². The molecule has 0 radical (unpaired) electrons. The van der Waals surface area contributed by atoms with E-state index in [-0.39, 0.29) is 10.9 Å². The maximum atomic E-state index is 13.6. The van der Waals surface area contributed by atoms with Crippen LogP contribution in [0, 0.1) is 11.7 Å². The molecule has 1 aliphatic rings. The number of aromatic nitrogens is 2. The number of aromatic amines is 1. The molecule has 2 atom stereocenters. The highest BCUT2D eigenvalue weighted by Crippen LogP contribution is 2.32. The van der Waals surface area contributed by atoms with Gasteiger partial charge in [-0.05, 0) is 42.7 Å². The molecule has 28 heavy (non-hydrogen) atoms. The Morgan fingerprint density at radius 2 is 2.11 bits per heavy atom. The number of fused-ring (bicyclic) bond motifs is 1. The van der Waals surface area contributed by atoms with Crippen molar-refractivity contribution in [3.05, 3.63) is 54.6 Å². The first kappa shape index (κ1) is 18.9. The molecule has 2 aromatic heterocycles. The van der Waals surface area contributed by atoms with Crippen LogP contribution < -0.4 is 4.90 Å². The number of likely N-dealkylation sites (N-methyl/N-ethyl adjacent to an activating group) is 1. The minimum Gasteiger partial charge on any atom is -0.369 e. The Kier molecular flexibility index (Phi) is 4.84. The van der Waals surface area contributed by atoms with Gasteiger partial charge in [-0.3, -0.25) is 0 Å².